The SMILES string of the molecule is CNC1N=CNO1. The van der Waals surface area contributed by atoms with Gasteiger partial charge in [0, 0.05) is 0 Å². The Morgan fingerprint density at radius 3 is 3.14 bits per heavy atom. The van der Waals surface area contributed by atoms with Crippen molar-refractivity contribution in [2.75, 3.05) is 7.05 Å². The molecule has 4 nitrogen and oxygen atoms in total. The molecule has 1 heterocycles. The maximum absolute atomic E-state index is 4.72. The molecule has 0 fully saturated rings. The number of aliphatic imine (C=N–C) groups is 1. The molecular formula is C3H7N3O. The summed E-state index contributed by atoms with van der Waals surface area (Å²) in [4.78, 5) is 8.50. The minimum atomic E-state index is -0.194. The standard InChI is InChI=1S/C3H7N3O/c1-4-3-5-2-6-7-3/h2-4H,1H3,(H,5,6). The molecule has 7 heavy (non-hydrogen) atoms. The van der Waals surface area contributed by atoms with Gasteiger partial charge >= 0.3 is 0 Å². The van der Waals surface area contributed by atoms with E-state index in [4.69, 9.17) is 4.84 Å². The first-order valence-electron chi connectivity index (χ1n) is 2.03. The van der Waals surface area contributed by atoms with E-state index in [0.29, 0.717) is 0 Å². The largest absolute Gasteiger partial charge is 0.274 e. The van der Waals surface area contributed by atoms with Crippen molar-refractivity contribution < 1.29 is 4.84 Å². The van der Waals surface area contributed by atoms with Gasteiger partial charge in [-0.05, 0) is 7.05 Å². The third-order valence-corrected chi connectivity index (χ3v) is 0.689. The quantitative estimate of drug-likeness (QED) is 0.447. The first-order chi connectivity index (χ1) is 3.43. The lowest BCUT2D eigenvalue weighted by atomic mass is 11.0. The number of hydrogen-bond acceptors (Lipinski definition) is 4. The van der Waals surface area contributed by atoms with E-state index in [1.807, 2.05) is 0 Å². The van der Waals surface area contributed by atoms with Crippen molar-refractivity contribution in [1.29, 1.82) is 0 Å². The van der Waals surface area contributed by atoms with Gasteiger partial charge in [-0.25, -0.2) is 9.83 Å². The van der Waals surface area contributed by atoms with Gasteiger partial charge in [0.1, 0.15) is 6.34 Å². The second-order valence-corrected chi connectivity index (χ2v) is 1.15. The fraction of sp³-hybridized carbons (Fsp3) is 0.667. The molecule has 2 N–H and O–H groups in total. The van der Waals surface area contributed by atoms with E-state index in [-0.39, 0.29) is 6.35 Å². The monoisotopic (exact) mass is 101 g/mol. The fourth-order valence-corrected chi connectivity index (χ4v) is 0.357. The van der Waals surface area contributed by atoms with E-state index in [9.17, 15) is 0 Å². The highest BCUT2D eigenvalue weighted by Gasteiger charge is 2.04. The van der Waals surface area contributed by atoms with E-state index in [2.05, 4.69) is 15.8 Å². The molecule has 1 aliphatic heterocycles. The van der Waals surface area contributed by atoms with E-state index in [0.717, 1.165) is 0 Å². The first kappa shape index (κ1) is 4.55. The molecule has 1 rings (SSSR count). The van der Waals surface area contributed by atoms with Crippen LogP contribution in [-0.2, 0) is 4.84 Å². The van der Waals surface area contributed by atoms with E-state index >= 15 is 0 Å². The number of nitrogens with one attached hydrogen (secondary N) is 2. The number of hydrogen-bond donors (Lipinski definition) is 2. The summed E-state index contributed by atoms with van der Waals surface area (Å²) in [7, 11) is 1.77. The summed E-state index contributed by atoms with van der Waals surface area (Å²) in [5.41, 5.74) is 2.47. The molecular weight excluding hydrogens is 94.1 g/mol. The summed E-state index contributed by atoms with van der Waals surface area (Å²) in [6.45, 7) is 0. The Labute approximate surface area is 41.5 Å². The molecule has 1 atom stereocenters. The summed E-state index contributed by atoms with van der Waals surface area (Å²) < 4.78 is 0. The van der Waals surface area contributed by atoms with E-state index in [1.54, 1.807) is 7.05 Å². The smallest absolute Gasteiger partial charge is 0.230 e. The first-order valence-corrected chi connectivity index (χ1v) is 2.03. The van der Waals surface area contributed by atoms with Crippen LogP contribution in [-0.4, -0.2) is 19.7 Å². The van der Waals surface area contributed by atoms with Crippen LogP contribution in [0.1, 0.15) is 0 Å². The van der Waals surface area contributed by atoms with Gasteiger partial charge in [0.15, 0.2) is 0 Å². The molecule has 1 unspecified atom stereocenters. The van der Waals surface area contributed by atoms with Gasteiger partial charge in [-0.15, -0.1) is 0 Å². The summed E-state index contributed by atoms with van der Waals surface area (Å²) >= 11 is 0. The van der Waals surface area contributed by atoms with Gasteiger partial charge in [-0.3, -0.25) is 10.8 Å². The molecule has 0 aliphatic carbocycles. The molecule has 4 heteroatoms. The molecule has 0 spiro atoms. The van der Waals surface area contributed by atoms with Crippen molar-refractivity contribution in [3.05, 3.63) is 0 Å². The summed E-state index contributed by atoms with van der Waals surface area (Å²) in [5.74, 6) is 0. The Morgan fingerprint density at radius 1 is 2.00 bits per heavy atom. The van der Waals surface area contributed by atoms with Crippen molar-refractivity contribution in [2.45, 2.75) is 6.35 Å². The lowest BCUT2D eigenvalue weighted by molar-refractivity contribution is 0.0231. The molecule has 0 radical (unpaired) electrons. The highest BCUT2D eigenvalue weighted by atomic mass is 16.7. The topological polar surface area (TPSA) is 45.7 Å². The van der Waals surface area contributed by atoms with Crippen molar-refractivity contribution in [2.24, 2.45) is 4.99 Å². The predicted octanol–water partition coefficient (Wildman–Crippen LogP) is -0.948. The number of nitrogens with zero attached hydrogens (tertiary/aromatic N) is 1. The Balaban J connectivity index is 2.28. The van der Waals surface area contributed by atoms with Gasteiger partial charge in [0.25, 0.3) is 0 Å². The average molecular weight is 101 g/mol. The van der Waals surface area contributed by atoms with E-state index in [1.165, 1.54) is 6.34 Å². The third kappa shape index (κ3) is 0.880. The number of rotatable bonds is 1. The lowest BCUT2D eigenvalue weighted by Gasteiger charge is -2.00. The maximum Gasteiger partial charge on any atom is 0.230 e. The zero-order chi connectivity index (χ0) is 5.11. The minimum absolute atomic E-state index is 0.194. The summed E-state index contributed by atoms with van der Waals surface area (Å²) in [5, 5.41) is 2.78. The Kier molecular flexibility index (Phi) is 1.24. The molecule has 0 bridgehead atoms. The van der Waals surface area contributed by atoms with Crippen LogP contribution in [0.5, 0.6) is 0 Å². The minimum Gasteiger partial charge on any atom is -0.274 e. The van der Waals surface area contributed by atoms with Crippen LogP contribution in [0.3, 0.4) is 0 Å². The van der Waals surface area contributed by atoms with Crippen LogP contribution in [0.2, 0.25) is 0 Å². The maximum atomic E-state index is 4.72. The molecule has 0 amide bonds. The van der Waals surface area contributed by atoms with Crippen molar-refractivity contribution in [3.63, 3.8) is 0 Å². The molecule has 0 saturated heterocycles. The fourth-order valence-electron chi connectivity index (χ4n) is 0.357. The van der Waals surface area contributed by atoms with Gasteiger partial charge < -0.3 is 0 Å². The molecule has 0 aromatic carbocycles. The van der Waals surface area contributed by atoms with Crippen molar-refractivity contribution >= 4 is 6.34 Å². The average Bonchev–Trinajstić information content (AvgIpc) is 2.14. The normalized spacial score (nSPS) is 27.9. The zero-order valence-electron chi connectivity index (χ0n) is 4.01. The Morgan fingerprint density at radius 2 is 2.86 bits per heavy atom. The molecule has 40 valence electrons. The summed E-state index contributed by atoms with van der Waals surface area (Å²) in [6, 6.07) is 0. The highest BCUT2D eigenvalue weighted by molar-refractivity contribution is 5.53. The van der Waals surface area contributed by atoms with Crippen LogP contribution in [0.25, 0.3) is 0 Å². The summed E-state index contributed by atoms with van der Waals surface area (Å²) in [6.07, 6.45) is 1.31. The van der Waals surface area contributed by atoms with Crippen LogP contribution >= 0.6 is 0 Å². The second-order valence-electron chi connectivity index (χ2n) is 1.15. The van der Waals surface area contributed by atoms with Crippen LogP contribution < -0.4 is 10.8 Å². The molecule has 0 aromatic heterocycles. The Hall–Kier alpha value is -0.610. The molecule has 0 aromatic rings. The second kappa shape index (κ2) is 1.90. The highest BCUT2D eigenvalue weighted by Crippen LogP contribution is 1.86. The van der Waals surface area contributed by atoms with Gasteiger partial charge in [0.05, 0.1) is 0 Å². The third-order valence-electron chi connectivity index (χ3n) is 0.689. The van der Waals surface area contributed by atoms with Crippen LogP contribution in [0, 0.1) is 0 Å². The van der Waals surface area contributed by atoms with E-state index < -0.39 is 0 Å². The number of hydroxylamine groups is 1. The van der Waals surface area contributed by atoms with Gasteiger partial charge in [-0.1, -0.05) is 0 Å². The zero-order valence-corrected chi connectivity index (χ0v) is 4.01. The predicted molar refractivity (Wildman–Crippen MR) is 25.6 cm³/mol. The van der Waals surface area contributed by atoms with Crippen LogP contribution in [0.15, 0.2) is 4.99 Å². The Bertz CT molecular complexity index is 82.2. The van der Waals surface area contributed by atoms with Crippen molar-refractivity contribution in [3.8, 4) is 0 Å². The van der Waals surface area contributed by atoms with Gasteiger partial charge in [-0.2, -0.15) is 0 Å². The van der Waals surface area contributed by atoms with Crippen molar-refractivity contribution in [1.82, 2.24) is 10.8 Å². The molecule has 0 saturated carbocycles. The molecule has 1 aliphatic rings. The van der Waals surface area contributed by atoms with Crippen LogP contribution in [0.4, 0.5) is 0 Å². The lowest BCUT2D eigenvalue weighted by Crippen LogP contribution is -2.25. The van der Waals surface area contributed by atoms with Gasteiger partial charge in [0.2, 0.25) is 6.35 Å².